The largest absolute Gasteiger partial charge is 0.444 e. The Balaban J connectivity index is 1.31. The zero-order valence-electron chi connectivity index (χ0n) is 20.8. The van der Waals surface area contributed by atoms with Gasteiger partial charge < -0.3 is 24.9 Å². The van der Waals surface area contributed by atoms with E-state index in [1.54, 1.807) is 27.7 Å². The van der Waals surface area contributed by atoms with Crippen LogP contribution >= 0.6 is 0 Å². The molecule has 9 heteroatoms. The molecular formula is C27H29N5O4. The smallest absolute Gasteiger partial charge is 0.408 e. The molecule has 5 rings (SSSR count). The molecule has 3 N–H and O–H groups in total. The van der Waals surface area contributed by atoms with E-state index < -0.39 is 17.2 Å². The topological polar surface area (TPSA) is 122 Å². The second kappa shape index (κ2) is 8.82. The van der Waals surface area contributed by atoms with Gasteiger partial charge in [0.1, 0.15) is 16.8 Å². The number of rotatable bonds is 6. The summed E-state index contributed by atoms with van der Waals surface area (Å²) in [5.41, 5.74) is 3.13. The number of ether oxygens (including phenoxy) is 1. The maximum Gasteiger partial charge on any atom is 0.408 e. The molecule has 2 heterocycles. The summed E-state index contributed by atoms with van der Waals surface area (Å²) in [5, 5.41) is 10.7. The maximum absolute atomic E-state index is 12.8. The van der Waals surface area contributed by atoms with Crippen LogP contribution in [0.4, 0.5) is 4.79 Å². The van der Waals surface area contributed by atoms with Gasteiger partial charge in [0.15, 0.2) is 5.82 Å². The molecule has 2 aromatic carbocycles. The van der Waals surface area contributed by atoms with Gasteiger partial charge in [-0.25, -0.2) is 4.79 Å². The standard InChI is InChI=1S/C27H29N5O4/c1-16-29-23(36-32-16)22-21(19-7-5-6-8-20(19)30-22)18-11-9-17(10-12-18)15-28-24(33)27(13-14-27)31-25(34)35-26(2,3)4/h5-12,30H,13-15H2,1-4H3,(H,28,33)(H,31,34). The van der Waals surface area contributed by atoms with Crippen LogP contribution in [0.25, 0.3) is 33.6 Å². The van der Waals surface area contributed by atoms with Crippen LogP contribution < -0.4 is 10.6 Å². The van der Waals surface area contributed by atoms with Crippen LogP contribution in [0.5, 0.6) is 0 Å². The van der Waals surface area contributed by atoms with Gasteiger partial charge in [-0.15, -0.1) is 0 Å². The Morgan fingerprint density at radius 2 is 1.83 bits per heavy atom. The fourth-order valence-electron chi connectivity index (χ4n) is 4.17. The van der Waals surface area contributed by atoms with Gasteiger partial charge in [-0.05, 0) is 57.7 Å². The maximum atomic E-state index is 12.8. The SMILES string of the molecule is Cc1noc(-c2[nH]c3ccccc3c2-c2ccc(CNC(=O)C3(NC(=O)OC(C)(C)C)CC3)cc2)n1. The van der Waals surface area contributed by atoms with Gasteiger partial charge in [-0.1, -0.05) is 47.6 Å². The molecule has 0 aliphatic heterocycles. The molecule has 1 aliphatic rings. The van der Waals surface area contributed by atoms with Gasteiger partial charge in [0, 0.05) is 23.0 Å². The third kappa shape index (κ3) is 4.82. The van der Waals surface area contributed by atoms with Crippen molar-refractivity contribution in [2.75, 3.05) is 0 Å². The highest BCUT2D eigenvalue weighted by Crippen LogP contribution is 2.38. The molecule has 2 amide bonds. The number of benzene rings is 2. The van der Waals surface area contributed by atoms with Gasteiger partial charge in [-0.2, -0.15) is 4.98 Å². The fourth-order valence-corrected chi connectivity index (χ4v) is 4.17. The quantitative estimate of drug-likeness (QED) is 0.357. The van der Waals surface area contributed by atoms with Crippen molar-refractivity contribution in [1.82, 2.24) is 25.8 Å². The van der Waals surface area contributed by atoms with E-state index >= 15 is 0 Å². The van der Waals surface area contributed by atoms with E-state index in [1.165, 1.54) is 0 Å². The molecule has 2 aromatic heterocycles. The van der Waals surface area contributed by atoms with Crippen molar-refractivity contribution in [3.05, 3.63) is 59.9 Å². The molecule has 36 heavy (non-hydrogen) atoms. The first kappa shape index (κ1) is 23.6. The van der Waals surface area contributed by atoms with Gasteiger partial charge in [-0.3, -0.25) is 4.79 Å². The Hall–Kier alpha value is -4.14. The minimum atomic E-state index is -0.885. The summed E-state index contributed by atoms with van der Waals surface area (Å²) in [6.45, 7) is 7.50. The number of aryl methyl sites for hydroxylation is 1. The Bertz CT molecular complexity index is 1420. The molecule has 1 saturated carbocycles. The number of para-hydroxylation sites is 1. The van der Waals surface area contributed by atoms with Crippen LogP contribution in [0.3, 0.4) is 0 Å². The molecule has 0 atom stereocenters. The number of fused-ring (bicyclic) bond motifs is 1. The van der Waals surface area contributed by atoms with Crippen molar-refractivity contribution < 1.29 is 18.8 Å². The number of H-pyrrole nitrogens is 1. The van der Waals surface area contributed by atoms with Crippen LogP contribution in [0.15, 0.2) is 53.1 Å². The summed E-state index contributed by atoms with van der Waals surface area (Å²) >= 11 is 0. The lowest BCUT2D eigenvalue weighted by Gasteiger charge is -2.23. The minimum absolute atomic E-state index is 0.205. The first-order valence-electron chi connectivity index (χ1n) is 11.9. The van der Waals surface area contributed by atoms with Crippen LogP contribution in [0.1, 0.15) is 45.0 Å². The molecule has 186 valence electrons. The molecule has 9 nitrogen and oxygen atoms in total. The Kier molecular flexibility index (Phi) is 5.78. The summed E-state index contributed by atoms with van der Waals surface area (Å²) in [6.07, 6.45) is 0.607. The summed E-state index contributed by atoms with van der Waals surface area (Å²) in [4.78, 5) is 32.7. The molecule has 0 unspecified atom stereocenters. The van der Waals surface area contributed by atoms with Gasteiger partial charge in [0.2, 0.25) is 5.91 Å². The average Bonchev–Trinajstić information content (AvgIpc) is 3.30. The van der Waals surface area contributed by atoms with Gasteiger partial charge in [0.05, 0.1) is 0 Å². The average molecular weight is 488 g/mol. The van der Waals surface area contributed by atoms with Gasteiger partial charge >= 0.3 is 6.09 Å². The third-order valence-electron chi connectivity index (χ3n) is 6.07. The van der Waals surface area contributed by atoms with E-state index in [1.807, 2.05) is 42.5 Å². The minimum Gasteiger partial charge on any atom is -0.444 e. The Morgan fingerprint density at radius 1 is 1.11 bits per heavy atom. The van der Waals surface area contributed by atoms with E-state index in [9.17, 15) is 9.59 Å². The van der Waals surface area contributed by atoms with E-state index in [4.69, 9.17) is 9.26 Å². The van der Waals surface area contributed by atoms with E-state index in [0.29, 0.717) is 31.1 Å². The molecule has 0 radical (unpaired) electrons. The van der Waals surface area contributed by atoms with Crippen molar-refractivity contribution in [2.24, 2.45) is 0 Å². The zero-order valence-corrected chi connectivity index (χ0v) is 20.8. The van der Waals surface area contributed by atoms with E-state index in [2.05, 4.69) is 31.8 Å². The number of carbonyl (C=O) groups excluding carboxylic acids is 2. The van der Waals surface area contributed by atoms with Crippen molar-refractivity contribution in [1.29, 1.82) is 0 Å². The summed E-state index contributed by atoms with van der Waals surface area (Å²) < 4.78 is 10.7. The number of nitrogens with one attached hydrogen (secondary N) is 3. The normalized spacial score (nSPS) is 14.4. The third-order valence-corrected chi connectivity index (χ3v) is 6.07. The number of carbonyl (C=O) groups is 2. The number of aromatic amines is 1. The predicted octanol–water partition coefficient (Wildman–Crippen LogP) is 4.87. The summed E-state index contributed by atoms with van der Waals surface area (Å²) in [6, 6.07) is 16.0. The second-order valence-corrected chi connectivity index (χ2v) is 10.2. The number of hydrogen-bond donors (Lipinski definition) is 3. The van der Waals surface area contributed by atoms with Crippen molar-refractivity contribution >= 4 is 22.9 Å². The number of hydrogen-bond acceptors (Lipinski definition) is 6. The molecule has 0 spiro atoms. The molecule has 0 bridgehead atoms. The number of aromatic nitrogens is 3. The van der Waals surface area contributed by atoms with Crippen molar-refractivity contribution in [3.8, 4) is 22.7 Å². The van der Waals surface area contributed by atoms with Gasteiger partial charge in [0.25, 0.3) is 5.89 Å². The van der Waals surface area contributed by atoms with E-state index in [-0.39, 0.29) is 5.91 Å². The predicted molar refractivity (Wildman–Crippen MR) is 135 cm³/mol. The van der Waals surface area contributed by atoms with Crippen molar-refractivity contribution in [3.63, 3.8) is 0 Å². The monoisotopic (exact) mass is 487 g/mol. The molecule has 0 saturated heterocycles. The van der Waals surface area contributed by atoms with Crippen LogP contribution in [0, 0.1) is 6.92 Å². The molecule has 1 fully saturated rings. The van der Waals surface area contributed by atoms with E-state index in [0.717, 1.165) is 33.3 Å². The Labute approximate surface area is 208 Å². The van der Waals surface area contributed by atoms with Crippen LogP contribution in [-0.4, -0.2) is 38.3 Å². The lowest BCUT2D eigenvalue weighted by atomic mass is 10.0. The lowest BCUT2D eigenvalue weighted by Crippen LogP contribution is -2.50. The van der Waals surface area contributed by atoms with Crippen LogP contribution in [-0.2, 0) is 16.1 Å². The highest BCUT2D eigenvalue weighted by molar-refractivity contribution is 6.02. The lowest BCUT2D eigenvalue weighted by molar-refractivity contribution is -0.124. The highest BCUT2D eigenvalue weighted by Gasteiger charge is 2.51. The van der Waals surface area contributed by atoms with Crippen LogP contribution in [0.2, 0.25) is 0 Å². The fraction of sp³-hybridized carbons (Fsp3) is 0.333. The highest BCUT2D eigenvalue weighted by atomic mass is 16.6. The molecular weight excluding hydrogens is 458 g/mol. The number of nitrogens with zero attached hydrogens (tertiary/aromatic N) is 2. The second-order valence-electron chi connectivity index (χ2n) is 10.2. The summed E-state index contributed by atoms with van der Waals surface area (Å²) in [7, 11) is 0. The molecule has 4 aromatic rings. The summed E-state index contributed by atoms with van der Waals surface area (Å²) in [5.74, 6) is 0.792. The first-order chi connectivity index (χ1) is 17.1. The number of alkyl carbamates (subject to hydrolysis) is 1. The van der Waals surface area contributed by atoms with Crippen molar-refractivity contribution in [2.45, 2.75) is 58.2 Å². The first-order valence-corrected chi connectivity index (χ1v) is 11.9. The molecule has 1 aliphatic carbocycles. The number of amides is 2. The zero-order chi connectivity index (χ0) is 25.5. The Morgan fingerprint density at radius 3 is 2.47 bits per heavy atom.